The van der Waals surface area contributed by atoms with Crippen LogP contribution < -0.4 is 29.4 Å². The third kappa shape index (κ3) is 16.5. The number of fused-ring (bicyclic) bond motifs is 2. The summed E-state index contributed by atoms with van der Waals surface area (Å²) in [6, 6.07) is 186. The summed E-state index contributed by atoms with van der Waals surface area (Å²) in [4.78, 5) is 13.9. The molecule has 20 aromatic rings. The minimum Gasteiger partial charge on any atom is -0.311 e. The van der Waals surface area contributed by atoms with E-state index in [4.69, 9.17) is 0 Å². The molecular weight excluding hydrogens is 1480 g/mol. The van der Waals surface area contributed by atoms with Gasteiger partial charge in [-0.3, -0.25) is 0 Å². The van der Waals surface area contributed by atoms with Gasteiger partial charge in [-0.05, 0) is 262 Å². The van der Waals surface area contributed by atoms with Gasteiger partial charge in [0.05, 0.1) is 11.4 Å². The lowest BCUT2D eigenvalue weighted by molar-refractivity contribution is 1.28. The zero-order valence-corrected chi connectivity index (χ0v) is 67.3. The topological polar surface area (TPSA) is 19.4 Å². The minimum atomic E-state index is 1.08. The molecule has 20 rings (SSSR count). The van der Waals surface area contributed by atoms with E-state index in [1.54, 1.807) is 0 Å². The zero-order valence-electron chi connectivity index (χ0n) is 67.3. The summed E-state index contributed by atoms with van der Waals surface area (Å²) >= 11 is 0. The first kappa shape index (κ1) is 75.7. The van der Waals surface area contributed by atoms with Crippen molar-refractivity contribution in [2.75, 3.05) is 29.4 Å². The predicted molar refractivity (Wildman–Crippen MR) is 518 cm³/mol. The molecule has 0 saturated heterocycles. The van der Waals surface area contributed by atoms with Gasteiger partial charge in [-0.1, -0.05) is 315 Å². The van der Waals surface area contributed by atoms with Gasteiger partial charge in [0.25, 0.3) is 0 Å². The number of nitrogens with zero attached hydrogens (tertiary/aromatic N) is 6. The van der Waals surface area contributed by atoms with Crippen molar-refractivity contribution < 1.29 is 0 Å². The van der Waals surface area contributed by atoms with E-state index in [2.05, 4.69) is 551 Å². The lowest BCUT2D eigenvalue weighted by atomic mass is 10.0. The molecule has 0 unspecified atom stereocenters. The molecule has 0 heterocycles. The average Bonchev–Trinajstić information content (AvgIpc) is 0.784. The van der Waals surface area contributed by atoms with Gasteiger partial charge >= 0.3 is 0 Å². The Hall–Kier alpha value is -16.3. The Labute approximate surface area is 714 Å². The lowest BCUT2D eigenvalue weighted by Crippen LogP contribution is -2.10. The van der Waals surface area contributed by atoms with E-state index in [1.807, 2.05) is 0 Å². The Morgan fingerprint density at radius 1 is 0.0902 bits per heavy atom. The number of anilines is 18. The Balaban J connectivity index is 0.000000181. The second kappa shape index (κ2) is 35.7. The van der Waals surface area contributed by atoms with Crippen molar-refractivity contribution in [2.45, 2.75) is 0 Å². The van der Waals surface area contributed by atoms with Gasteiger partial charge in [0.2, 0.25) is 0 Å². The molecule has 0 radical (unpaired) electrons. The maximum absolute atomic E-state index is 2.34. The first-order valence-corrected chi connectivity index (χ1v) is 41.5. The summed E-state index contributed by atoms with van der Waals surface area (Å²) in [6.45, 7) is 0. The van der Waals surface area contributed by atoms with E-state index >= 15 is 0 Å². The van der Waals surface area contributed by atoms with E-state index in [0.717, 1.165) is 136 Å². The van der Waals surface area contributed by atoms with Crippen LogP contribution in [0.2, 0.25) is 0 Å². The Morgan fingerprint density at radius 3 is 0.402 bits per heavy atom. The van der Waals surface area contributed by atoms with Gasteiger partial charge in [-0.25, -0.2) is 0 Å². The van der Waals surface area contributed by atoms with Crippen LogP contribution in [0.25, 0.3) is 66.1 Å². The van der Waals surface area contributed by atoms with Gasteiger partial charge in [-0.2, -0.15) is 0 Å². The molecule has 6 heteroatoms. The number of benzene rings is 20. The van der Waals surface area contributed by atoms with Gasteiger partial charge < -0.3 is 29.4 Å². The molecule has 0 aliphatic heterocycles. The third-order valence-corrected chi connectivity index (χ3v) is 22.5. The average molecular weight is 1560 g/mol. The monoisotopic (exact) mass is 1560 g/mol. The molecular formula is C116H86N6. The highest BCUT2D eigenvalue weighted by Crippen LogP contribution is 2.46. The summed E-state index contributed by atoms with van der Waals surface area (Å²) < 4.78 is 0. The molecule has 0 aromatic heterocycles. The van der Waals surface area contributed by atoms with Crippen LogP contribution in [0.3, 0.4) is 0 Å². The van der Waals surface area contributed by atoms with Crippen molar-refractivity contribution in [3.05, 3.63) is 522 Å². The molecule has 20 aromatic carbocycles. The normalized spacial score (nSPS) is 11.0. The Kier molecular flexibility index (Phi) is 22.1. The number of rotatable bonds is 22. The van der Waals surface area contributed by atoms with Crippen LogP contribution >= 0.6 is 0 Å². The summed E-state index contributed by atoms with van der Waals surface area (Å²) in [6.07, 6.45) is 0. The molecule has 580 valence electrons. The molecule has 0 amide bonds. The van der Waals surface area contributed by atoms with E-state index in [1.165, 1.54) is 32.7 Å². The highest BCUT2D eigenvalue weighted by Gasteiger charge is 2.22. The van der Waals surface area contributed by atoms with Crippen LogP contribution in [-0.2, 0) is 0 Å². The van der Waals surface area contributed by atoms with Crippen LogP contribution in [0.5, 0.6) is 0 Å². The number of hydrogen-bond donors (Lipinski definition) is 0. The van der Waals surface area contributed by atoms with Crippen molar-refractivity contribution in [2.24, 2.45) is 0 Å². The van der Waals surface area contributed by atoms with Gasteiger partial charge in [0, 0.05) is 102 Å². The zero-order chi connectivity index (χ0) is 81.6. The van der Waals surface area contributed by atoms with Crippen molar-refractivity contribution in [3.8, 4) is 44.5 Å². The quantitative estimate of drug-likeness (QED) is 0.0669. The standard InChI is InChI=1S/C72H54N4.C44H32N2/c1-7-19-61(20-8-1)73(62-21-9-2-10-22-62)67-43-31-55(32-44-67)57-35-47-69(48-36-57)75(65-27-15-5-16-28-65)71-51-39-59(40-52-71)60-41-53-72(54-42-60)76(66-29-17-6-18-30-66)70-49-37-58(38-50-70)56-33-45-68(46-34-56)74(63-23-11-3-12-24-63)64-25-13-4-14-26-64;1-3-17-37(18-4-1)45(43-23-11-15-35-13-7-9-21-41(35)43)39-29-25-33(26-30-39)34-27-31-40(32-28-34)46(38-19-5-2-6-20-38)44-24-12-16-36-14-8-10-22-42(36)44/h1-54H;1-32H. The fourth-order valence-corrected chi connectivity index (χ4v) is 16.5. The fourth-order valence-electron chi connectivity index (χ4n) is 16.5. The maximum Gasteiger partial charge on any atom is 0.0540 e. The largest absolute Gasteiger partial charge is 0.311 e. The second-order valence-electron chi connectivity index (χ2n) is 30.1. The first-order chi connectivity index (χ1) is 60.5. The van der Waals surface area contributed by atoms with Gasteiger partial charge in [-0.15, -0.1) is 0 Å². The molecule has 0 saturated carbocycles. The third-order valence-electron chi connectivity index (χ3n) is 22.5. The smallest absolute Gasteiger partial charge is 0.0540 e. The van der Waals surface area contributed by atoms with Crippen molar-refractivity contribution >= 4 is 124 Å². The summed E-state index contributed by atoms with van der Waals surface area (Å²) in [5.74, 6) is 0. The highest BCUT2D eigenvalue weighted by molar-refractivity contribution is 6.01. The number of para-hydroxylation sites is 8. The molecule has 0 bridgehead atoms. The van der Waals surface area contributed by atoms with Crippen LogP contribution in [-0.4, -0.2) is 0 Å². The Bertz CT molecular complexity index is 6270. The van der Waals surface area contributed by atoms with Crippen LogP contribution in [0.1, 0.15) is 0 Å². The summed E-state index contributed by atoms with van der Waals surface area (Å²) in [5.41, 5.74) is 29.4. The van der Waals surface area contributed by atoms with Crippen LogP contribution in [0.4, 0.5) is 102 Å². The van der Waals surface area contributed by atoms with Gasteiger partial charge in [0.1, 0.15) is 0 Å². The minimum absolute atomic E-state index is 1.08. The lowest BCUT2D eigenvalue weighted by Gasteiger charge is -2.27. The van der Waals surface area contributed by atoms with Crippen molar-refractivity contribution in [3.63, 3.8) is 0 Å². The summed E-state index contributed by atoms with van der Waals surface area (Å²) in [5, 5.41) is 4.90. The molecule has 0 spiro atoms. The molecule has 0 atom stereocenters. The maximum atomic E-state index is 2.34. The second-order valence-corrected chi connectivity index (χ2v) is 30.1. The molecule has 122 heavy (non-hydrogen) atoms. The molecule has 0 aliphatic carbocycles. The Morgan fingerprint density at radius 2 is 0.221 bits per heavy atom. The molecule has 0 aliphatic rings. The fraction of sp³-hybridized carbons (Fsp3) is 0. The van der Waals surface area contributed by atoms with Gasteiger partial charge in [0.15, 0.2) is 0 Å². The van der Waals surface area contributed by atoms with E-state index in [-0.39, 0.29) is 0 Å². The molecule has 0 N–H and O–H groups in total. The SMILES string of the molecule is c1ccc(N(c2ccc(-c3ccc(N(c4ccccc4)c4cccc5ccccc45)cc3)cc2)c2cccc3ccccc23)cc1.c1ccc(N(c2ccccc2)c2ccc(-c3ccc(N(c4ccccc4)c4ccc(-c5ccc(N(c6ccccc6)c6ccc(-c7ccc(N(c8ccccc8)c8ccccc8)cc7)cc6)cc5)cc4)cc3)cc2)cc1. The summed E-state index contributed by atoms with van der Waals surface area (Å²) in [7, 11) is 0. The predicted octanol–water partition coefficient (Wildman–Crippen LogP) is 33.2. The molecule has 6 nitrogen and oxygen atoms in total. The van der Waals surface area contributed by atoms with Crippen molar-refractivity contribution in [1.29, 1.82) is 0 Å². The van der Waals surface area contributed by atoms with E-state index in [0.29, 0.717) is 0 Å². The van der Waals surface area contributed by atoms with Crippen LogP contribution in [0, 0.1) is 0 Å². The van der Waals surface area contributed by atoms with E-state index in [9.17, 15) is 0 Å². The van der Waals surface area contributed by atoms with Crippen LogP contribution in [0.15, 0.2) is 522 Å². The number of hydrogen-bond acceptors (Lipinski definition) is 6. The van der Waals surface area contributed by atoms with E-state index < -0.39 is 0 Å². The molecule has 0 fully saturated rings. The van der Waals surface area contributed by atoms with Crippen molar-refractivity contribution in [1.82, 2.24) is 0 Å². The highest BCUT2D eigenvalue weighted by atomic mass is 15.2. The first-order valence-electron chi connectivity index (χ1n) is 41.5.